The molecule has 0 unspecified atom stereocenters. The minimum atomic E-state index is 0.286. The van der Waals surface area contributed by atoms with Crippen LogP contribution in [0.25, 0.3) is 0 Å². The van der Waals surface area contributed by atoms with Crippen molar-refractivity contribution in [2.45, 2.75) is 52.5 Å². The molecule has 5 nitrogen and oxygen atoms in total. The molecule has 6 heteroatoms. The lowest BCUT2D eigenvalue weighted by Crippen LogP contribution is -2.35. The zero-order valence-electron chi connectivity index (χ0n) is 12.6. The van der Waals surface area contributed by atoms with Crippen LogP contribution in [0.15, 0.2) is 0 Å². The van der Waals surface area contributed by atoms with Crippen molar-refractivity contribution in [1.29, 1.82) is 0 Å². The minimum absolute atomic E-state index is 0.286. The summed E-state index contributed by atoms with van der Waals surface area (Å²) in [4.78, 5) is 17.6. The monoisotopic (exact) mass is 297 g/mol. The van der Waals surface area contributed by atoms with Crippen molar-refractivity contribution in [3.63, 3.8) is 0 Å². The summed E-state index contributed by atoms with van der Waals surface area (Å²) >= 11 is 6.10. The Hall–Kier alpha value is -1.10. The molecule has 20 heavy (non-hydrogen) atoms. The molecule has 2 rings (SSSR count). The normalized spacial score (nSPS) is 15.6. The van der Waals surface area contributed by atoms with Gasteiger partial charge in [0.05, 0.1) is 0 Å². The van der Waals surface area contributed by atoms with Gasteiger partial charge in [0.2, 0.25) is 17.2 Å². The van der Waals surface area contributed by atoms with E-state index >= 15 is 0 Å². The lowest BCUT2D eigenvalue weighted by molar-refractivity contribution is 0.602. The molecule has 0 aromatic carbocycles. The molecular weight excluding hydrogens is 274 g/mol. The molecule has 112 valence electrons. The molecule has 1 aromatic rings. The maximum absolute atomic E-state index is 6.10. The Balaban J connectivity index is 2.29. The van der Waals surface area contributed by atoms with Crippen molar-refractivity contribution in [2.75, 3.05) is 29.4 Å². The van der Waals surface area contributed by atoms with Crippen LogP contribution in [0.5, 0.6) is 0 Å². The number of nitrogens with zero attached hydrogens (tertiary/aromatic N) is 5. The van der Waals surface area contributed by atoms with Gasteiger partial charge in [-0.1, -0.05) is 12.8 Å². The van der Waals surface area contributed by atoms with Gasteiger partial charge in [0.1, 0.15) is 0 Å². The SMILES string of the molecule is CCN(CC)c1nc(Cl)nc(N(CC)C2CCCC2)n1. The molecule has 0 N–H and O–H groups in total. The molecule has 0 radical (unpaired) electrons. The van der Waals surface area contributed by atoms with Crippen molar-refractivity contribution in [1.82, 2.24) is 15.0 Å². The van der Waals surface area contributed by atoms with Crippen molar-refractivity contribution in [3.05, 3.63) is 5.28 Å². The first-order valence-corrected chi connectivity index (χ1v) is 8.00. The number of aromatic nitrogens is 3. The smallest absolute Gasteiger partial charge is 0.231 e. The van der Waals surface area contributed by atoms with Crippen molar-refractivity contribution in [3.8, 4) is 0 Å². The van der Waals surface area contributed by atoms with E-state index < -0.39 is 0 Å². The van der Waals surface area contributed by atoms with E-state index in [1.807, 2.05) is 0 Å². The molecule has 0 saturated heterocycles. The Bertz CT molecular complexity index is 430. The first-order chi connectivity index (χ1) is 9.69. The molecule has 0 amide bonds. The highest BCUT2D eigenvalue weighted by molar-refractivity contribution is 6.28. The van der Waals surface area contributed by atoms with Crippen LogP contribution in [0.3, 0.4) is 0 Å². The van der Waals surface area contributed by atoms with E-state index in [0.29, 0.717) is 12.0 Å². The second-order valence-electron chi connectivity index (χ2n) is 5.10. The van der Waals surface area contributed by atoms with Gasteiger partial charge in [0.25, 0.3) is 0 Å². The van der Waals surface area contributed by atoms with E-state index in [1.54, 1.807) is 0 Å². The average molecular weight is 298 g/mol. The quantitative estimate of drug-likeness (QED) is 0.807. The average Bonchev–Trinajstić information content (AvgIpc) is 2.94. The minimum Gasteiger partial charge on any atom is -0.341 e. The number of halogens is 1. The lowest BCUT2D eigenvalue weighted by atomic mass is 10.2. The molecule has 1 aromatic heterocycles. The Labute approximate surface area is 126 Å². The summed E-state index contributed by atoms with van der Waals surface area (Å²) in [6, 6.07) is 0.544. The highest BCUT2D eigenvalue weighted by atomic mass is 35.5. The van der Waals surface area contributed by atoms with Gasteiger partial charge in [-0.2, -0.15) is 15.0 Å². The molecule has 1 saturated carbocycles. The predicted octanol–water partition coefficient (Wildman–Crippen LogP) is 3.14. The summed E-state index contributed by atoms with van der Waals surface area (Å²) < 4.78 is 0. The van der Waals surface area contributed by atoms with Crippen LogP contribution in [0, 0.1) is 0 Å². The van der Waals surface area contributed by atoms with E-state index in [-0.39, 0.29) is 5.28 Å². The zero-order chi connectivity index (χ0) is 14.5. The van der Waals surface area contributed by atoms with Gasteiger partial charge in [-0.15, -0.1) is 0 Å². The third-order valence-electron chi connectivity index (χ3n) is 3.99. The van der Waals surface area contributed by atoms with Crippen LogP contribution in [-0.4, -0.2) is 40.6 Å². The number of anilines is 2. The van der Waals surface area contributed by atoms with Gasteiger partial charge < -0.3 is 9.80 Å². The maximum Gasteiger partial charge on any atom is 0.231 e. The van der Waals surface area contributed by atoms with Crippen LogP contribution in [0.2, 0.25) is 5.28 Å². The fraction of sp³-hybridized carbons (Fsp3) is 0.786. The maximum atomic E-state index is 6.10. The van der Waals surface area contributed by atoms with Crippen LogP contribution in [0.4, 0.5) is 11.9 Å². The second kappa shape index (κ2) is 7.07. The molecule has 0 bridgehead atoms. The molecular formula is C14H24ClN5. The van der Waals surface area contributed by atoms with Gasteiger partial charge in [0, 0.05) is 25.7 Å². The Morgan fingerprint density at radius 2 is 1.55 bits per heavy atom. The zero-order valence-corrected chi connectivity index (χ0v) is 13.4. The first kappa shape index (κ1) is 15.3. The van der Waals surface area contributed by atoms with Crippen LogP contribution >= 0.6 is 11.6 Å². The largest absolute Gasteiger partial charge is 0.341 e. The van der Waals surface area contributed by atoms with Gasteiger partial charge in [-0.3, -0.25) is 0 Å². The van der Waals surface area contributed by atoms with E-state index in [1.165, 1.54) is 25.7 Å². The lowest BCUT2D eigenvalue weighted by Gasteiger charge is -2.28. The van der Waals surface area contributed by atoms with Gasteiger partial charge in [0.15, 0.2) is 0 Å². The number of hydrogen-bond acceptors (Lipinski definition) is 5. The van der Waals surface area contributed by atoms with Gasteiger partial charge >= 0.3 is 0 Å². The summed E-state index contributed by atoms with van der Waals surface area (Å²) in [5, 5.41) is 0.286. The third kappa shape index (κ3) is 3.32. The van der Waals surface area contributed by atoms with E-state index in [0.717, 1.165) is 25.6 Å². The predicted molar refractivity (Wildman–Crippen MR) is 83.7 cm³/mol. The fourth-order valence-electron chi connectivity index (χ4n) is 2.88. The highest BCUT2D eigenvalue weighted by Crippen LogP contribution is 2.27. The summed E-state index contributed by atoms with van der Waals surface area (Å²) in [7, 11) is 0. The van der Waals surface area contributed by atoms with Crippen LogP contribution in [-0.2, 0) is 0 Å². The second-order valence-corrected chi connectivity index (χ2v) is 5.44. The standard InChI is InChI=1S/C14H24ClN5/c1-4-19(5-2)13-16-12(15)17-14(18-13)20(6-3)11-9-7-8-10-11/h11H,4-10H2,1-3H3. The van der Waals surface area contributed by atoms with Crippen molar-refractivity contribution < 1.29 is 0 Å². The van der Waals surface area contributed by atoms with Gasteiger partial charge in [-0.05, 0) is 45.2 Å². The molecule has 0 aliphatic heterocycles. The summed E-state index contributed by atoms with van der Waals surface area (Å²) in [5.74, 6) is 1.41. The van der Waals surface area contributed by atoms with Crippen LogP contribution < -0.4 is 9.80 Å². The van der Waals surface area contributed by atoms with Gasteiger partial charge in [-0.25, -0.2) is 0 Å². The first-order valence-electron chi connectivity index (χ1n) is 7.62. The molecule has 0 spiro atoms. The number of hydrogen-bond donors (Lipinski definition) is 0. The Morgan fingerprint density at radius 1 is 0.950 bits per heavy atom. The van der Waals surface area contributed by atoms with Crippen molar-refractivity contribution >= 4 is 23.5 Å². The van der Waals surface area contributed by atoms with E-state index in [9.17, 15) is 0 Å². The summed E-state index contributed by atoms with van der Waals surface area (Å²) in [6.07, 6.45) is 5.03. The Kier molecular flexibility index (Phi) is 5.40. The molecule has 1 fully saturated rings. The van der Waals surface area contributed by atoms with Crippen molar-refractivity contribution in [2.24, 2.45) is 0 Å². The molecule has 1 aliphatic rings. The fourth-order valence-corrected chi connectivity index (χ4v) is 3.04. The topological polar surface area (TPSA) is 45.2 Å². The summed E-state index contributed by atoms with van der Waals surface area (Å²) in [6.45, 7) is 8.97. The molecule has 0 atom stereocenters. The van der Waals surface area contributed by atoms with E-state index in [2.05, 4.69) is 45.5 Å². The van der Waals surface area contributed by atoms with E-state index in [4.69, 9.17) is 11.6 Å². The van der Waals surface area contributed by atoms with Crippen LogP contribution in [0.1, 0.15) is 46.5 Å². The third-order valence-corrected chi connectivity index (χ3v) is 4.16. The molecule has 1 aliphatic carbocycles. The highest BCUT2D eigenvalue weighted by Gasteiger charge is 2.24. The number of rotatable bonds is 6. The molecule has 1 heterocycles. The summed E-state index contributed by atoms with van der Waals surface area (Å²) in [5.41, 5.74) is 0. The Morgan fingerprint density at radius 3 is 2.10 bits per heavy atom.